The first-order chi connectivity index (χ1) is 12.0. The van der Waals surface area contributed by atoms with Gasteiger partial charge in [0.05, 0.1) is 24.7 Å². The lowest BCUT2D eigenvalue weighted by atomic mass is 10.2. The second-order valence-corrected chi connectivity index (χ2v) is 5.00. The minimum absolute atomic E-state index is 0.0841. The Morgan fingerprint density at radius 2 is 2.00 bits per heavy atom. The Morgan fingerprint density at radius 3 is 2.64 bits per heavy atom. The number of rotatable bonds is 9. The predicted octanol–water partition coefficient (Wildman–Crippen LogP) is 2.02. The Balaban J connectivity index is 1.95. The van der Waals surface area contributed by atoms with E-state index in [0.29, 0.717) is 36.8 Å². The second-order valence-electron chi connectivity index (χ2n) is 5.00. The van der Waals surface area contributed by atoms with Gasteiger partial charge < -0.3 is 14.8 Å². The van der Waals surface area contributed by atoms with E-state index in [1.807, 2.05) is 13.8 Å². The number of aromatic nitrogens is 2. The van der Waals surface area contributed by atoms with Crippen LogP contribution in [0, 0.1) is 10.1 Å². The summed E-state index contributed by atoms with van der Waals surface area (Å²) in [6.07, 6.45) is 2.48. The third kappa shape index (κ3) is 4.93. The minimum Gasteiger partial charge on any atom is -0.490 e. The smallest absolute Gasteiger partial charge is 0.306 e. The molecule has 2 rings (SSSR count). The molecule has 0 aliphatic rings. The van der Waals surface area contributed by atoms with Crippen LogP contribution in [0.15, 0.2) is 30.6 Å². The lowest BCUT2D eigenvalue weighted by Gasteiger charge is -2.12. The van der Waals surface area contributed by atoms with Crippen LogP contribution in [0.4, 0.5) is 5.69 Å². The van der Waals surface area contributed by atoms with Crippen LogP contribution in [0.3, 0.4) is 0 Å². The predicted molar refractivity (Wildman–Crippen MR) is 90.0 cm³/mol. The van der Waals surface area contributed by atoms with Crippen LogP contribution < -0.4 is 14.8 Å². The van der Waals surface area contributed by atoms with Gasteiger partial charge in [-0.1, -0.05) is 0 Å². The van der Waals surface area contributed by atoms with Crippen LogP contribution in [-0.4, -0.2) is 40.4 Å². The molecule has 0 aliphatic carbocycles. The summed E-state index contributed by atoms with van der Waals surface area (Å²) in [4.78, 5) is 22.3. The van der Waals surface area contributed by atoms with Gasteiger partial charge in [0.15, 0.2) is 11.5 Å². The summed E-state index contributed by atoms with van der Waals surface area (Å²) in [5.41, 5.74) is 0.359. The molecule has 9 nitrogen and oxygen atoms in total. The molecule has 1 aromatic carbocycles. The fourth-order valence-electron chi connectivity index (χ4n) is 2.15. The van der Waals surface area contributed by atoms with Gasteiger partial charge in [-0.25, -0.2) is 0 Å². The standard InChI is InChI=1S/C16H20N4O5/c1-3-24-14-6-5-12(9-15(14)25-4-2)16(21)17-7-8-19-11-13(10-18-19)20(22)23/h5-6,9-11H,3-4,7-8H2,1-2H3,(H,17,21). The average molecular weight is 348 g/mol. The van der Waals surface area contributed by atoms with Crippen molar-refractivity contribution in [3.63, 3.8) is 0 Å². The highest BCUT2D eigenvalue weighted by molar-refractivity contribution is 5.94. The maximum atomic E-state index is 12.2. The van der Waals surface area contributed by atoms with Crippen molar-refractivity contribution in [3.05, 3.63) is 46.3 Å². The third-order valence-corrected chi connectivity index (χ3v) is 3.26. The van der Waals surface area contributed by atoms with E-state index in [1.165, 1.54) is 17.1 Å². The van der Waals surface area contributed by atoms with Gasteiger partial charge in [0.25, 0.3) is 5.91 Å². The van der Waals surface area contributed by atoms with Gasteiger partial charge in [0, 0.05) is 12.1 Å². The maximum absolute atomic E-state index is 12.2. The largest absolute Gasteiger partial charge is 0.490 e. The summed E-state index contributed by atoms with van der Waals surface area (Å²) >= 11 is 0. The van der Waals surface area contributed by atoms with E-state index in [2.05, 4.69) is 10.4 Å². The van der Waals surface area contributed by atoms with Crippen LogP contribution in [0.25, 0.3) is 0 Å². The summed E-state index contributed by atoms with van der Waals surface area (Å²) < 4.78 is 12.4. The molecule has 0 saturated heterocycles. The molecular weight excluding hydrogens is 328 g/mol. The zero-order chi connectivity index (χ0) is 18.2. The number of nitrogens with zero attached hydrogens (tertiary/aromatic N) is 3. The number of nitro groups is 1. The van der Waals surface area contributed by atoms with Gasteiger partial charge in [-0.3, -0.25) is 19.6 Å². The Bertz CT molecular complexity index is 744. The van der Waals surface area contributed by atoms with Crippen LogP contribution in [0.5, 0.6) is 11.5 Å². The molecule has 0 spiro atoms. The Morgan fingerprint density at radius 1 is 1.28 bits per heavy atom. The monoisotopic (exact) mass is 348 g/mol. The van der Waals surface area contributed by atoms with Crippen molar-refractivity contribution in [1.82, 2.24) is 15.1 Å². The summed E-state index contributed by atoms with van der Waals surface area (Å²) in [6, 6.07) is 4.98. The van der Waals surface area contributed by atoms with Crippen LogP contribution >= 0.6 is 0 Å². The van der Waals surface area contributed by atoms with Crippen molar-refractivity contribution in [3.8, 4) is 11.5 Å². The Hall–Kier alpha value is -3.10. The molecule has 25 heavy (non-hydrogen) atoms. The molecule has 0 aliphatic heterocycles. The molecular formula is C16H20N4O5. The van der Waals surface area contributed by atoms with Gasteiger partial charge in [-0.05, 0) is 32.0 Å². The summed E-state index contributed by atoms with van der Waals surface area (Å²) in [5.74, 6) is 0.829. The first-order valence-corrected chi connectivity index (χ1v) is 7.89. The van der Waals surface area contributed by atoms with Crippen molar-refractivity contribution >= 4 is 11.6 Å². The van der Waals surface area contributed by atoms with E-state index in [0.717, 1.165) is 0 Å². The number of carbonyl (C=O) groups is 1. The average Bonchev–Trinajstić information content (AvgIpc) is 3.06. The highest BCUT2D eigenvalue weighted by atomic mass is 16.6. The van der Waals surface area contributed by atoms with Gasteiger partial charge in [0.2, 0.25) is 0 Å². The fraction of sp³-hybridized carbons (Fsp3) is 0.375. The highest BCUT2D eigenvalue weighted by Gasteiger charge is 2.12. The van der Waals surface area contributed by atoms with E-state index in [-0.39, 0.29) is 18.1 Å². The molecule has 0 bridgehead atoms. The summed E-state index contributed by atoms with van der Waals surface area (Å²) in [7, 11) is 0. The first kappa shape index (κ1) is 18.2. The molecule has 0 radical (unpaired) electrons. The molecule has 0 saturated carbocycles. The minimum atomic E-state index is -0.517. The molecule has 0 atom stereocenters. The topological polar surface area (TPSA) is 109 Å². The zero-order valence-corrected chi connectivity index (χ0v) is 14.1. The highest BCUT2D eigenvalue weighted by Crippen LogP contribution is 2.28. The number of nitrogens with one attached hydrogen (secondary N) is 1. The van der Waals surface area contributed by atoms with Crippen molar-refractivity contribution in [2.24, 2.45) is 0 Å². The quantitative estimate of drug-likeness (QED) is 0.548. The number of carbonyl (C=O) groups excluding carboxylic acids is 1. The van der Waals surface area contributed by atoms with Gasteiger partial charge in [-0.15, -0.1) is 0 Å². The van der Waals surface area contributed by atoms with Gasteiger partial charge >= 0.3 is 5.69 Å². The summed E-state index contributed by atoms with van der Waals surface area (Å²) in [6.45, 7) is 5.30. The van der Waals surface area contributed by atoms with Gasteiger partial charge in [-0.2, -0.15) is 5.10 Å². The number of benzene rings is 1. The lowest BCUT2D eigenvalue weighted by Crippen LogP contribution is -2.27. The molecule has 1 N–H and O–H groups in total. The Kier molecular flexibility index (Phi) is 6.33. The fourth-order valence-corrected chi connectivity index (χ4v) is 2.15. The normalized spacial score (nSPS) is 10.3. The lowest BCUT2D eigenvalue weighted by molar-refractivity contribution is -0.385. The maximum Gasteiger partial charge on any atom is 0.306 e. The van der Waals surface area contributed by atoms with Crippen molar-refractivity contribution in [2.75, 3.05) is 19.8 Å². The van der Waals surface area contributed by atoms with Crippen molar-refractivity contribution in [2.45, 2.75) is 20.4 Å². The molecule has 9 heteroatoms. The van der Waals surface area contributed by atoms with E-state index in [9.17, 15) is 14.9 Å². The summed E-state index contributed by atoms with van der Waals surface area (Å²) in [5, 5.41) is 17.2. The van der Waals surface area contributed by atoms with E-state index >= 15 is 0 Å². The molecule has 134 valence electrons. The van der Waals surface area contributed by atoms with E-state index < -0.39 is 4.92 Å². The van der Waals surface area contributed by atoms with Crippen LogP contribution in [0.1, 0.15) is 24.2 Å². The zero-order valence-electron chi connectivity index (χ0n) is 14.1. The van der Waals surface area contributed by atoms with Crippen molar-refractivity contribution in [1.29, 1.82) is 0 Å². The number of hydrogen-bond donors (Lipinski definition) is 1. The molecule has 1 amide bonds. The number of ether oxygens (including phenoxy) is 2. The molecule has 0 unspecified atom stereocenters. The van der Waals surface area contributed by atoms with E-state index in [4.69, 9.17) is 9.47 Å². The van der Waals surface area contributed by atoms with Crippen LogP contribution in [0.2, 0.25) is 0 Å². The SMILES string of the molecule is CCOc1ccc(C(=O)NCCn2cc([N+](=O)[O-])cn2)cc1OCC. The molecule has 1 heterocycles. The number of amides is 1. The third-order valence-electron chi connectivity index (χ3n) is 3.26. The van der Waals surface area contributed by atoms with Crippen molar-refractivity contribution < 1.29 is 19.2 Å². The molecule has 0 fully saturated rings. The Labute approximate surface area is 144 Å². The van der Waals surface area contributed by atoms with Gasteiger partial charge in [0.1, 0.15) is 12.4 Å². The number of hydrogen-bond acceptors (Lipinski definition) is 6. The molecule has 2 aromatic rings. The first-order valence-electron chi connectivity index (χ1n) is 7.89. The van der Waals surface area contributed by atoms with E-state index in [1.54, 1.807) is 18.2 Å². The van der Waals surface area contributed by atoms with Crippen LogP contribution in [-0.2, 0) is 6.54 Å². The molecule has 1 aromatic heterocycles. The second kappa shape index (κ2) is 8.67.